The first-order valence-electron chi connectivity index (χ1n) is 6.42. The van der Waals surface area contributed by atoms with Crippen LogP contribution in [0.2, 0.25) is 0 Å². The molecule has 2 heterocycles. The van der Waals surface area contributed by atoms with E-state index in [0.29, 0.717) is 6.04 Å². The Morgan fingerprint density at radius 3 is 2.89 bits per heavy atom. The minimum Gasteiger partial charge on any atom is -0.313 e. The van der Waals surface area contributed by atoms with Crippen molar-refractivity contribution in [2.45, 2.75) is 32.4 Å². The highest BCUT2D eigenvalue weighted by Gasteiger charge is 2.11. The van der Waals surface area contributed by atoms with Crippen LogP contribution in [0.25, 0.3) is 0 Å². The monoisotopic (exact) mass is 244 g/mol. The van der Waals surface area contributed by atoms with Gasteiger partial charge in [-0.1, -0.05) is 6.07 Å². The minimum absolute atomic E-state index is 0.352. The van der Waals surface area contributed by atoms with E-state index in [1.807, 2.05) is 36.4 Å². The maximum Gasteiger partial charge on any atom is 0.0537 e. The molecule has 18 heavy (non-hydrogen) atoms. The van der Waals surface area contributed by atoms with Crippen molar-refractivity contribution in [3.05, 3.63) is 48.0 Å². The summed E-state index contributed by atoms with van der Waals surface area (Å²) < 4.78 is 1.96. The van der Waals surface area contributed by atoms with Crippen LogP contribution in [0.15, 0.2) is 36.9 Å². The summed E-state index contributed by atoms with van der Waals surface area (Å²) in [7, 11) is 2.00. The van der Waals surface area contributed by atoms with Gasteiger partial charge in [0, 0.05) is 36.7 Å². The molecule has 2 rings (SSSR count). The van der Waals surface area contributed by atoms with Gasteiger partial charge in [0.1, 0.15) is 0 Å². The molecule has 0 radical (unpaired) electrons. The molecule has 0 saturated carbocycles. The van der Waals surface area contributed by atoms with Crippen LogP contribution in [0.5, 0.6) is 0 Å². The maximum absolute atomic E-state index is 4.32. The van der Waals surface area contributed by atoms with Gasteiger partial charge in [-0.15, -0.1) is 0 Å². The Labute approximate surface area is 108 Å². The average Bonchev–Trinajstić information content (AvgIpc) is 2.89. The van der Waals surface area contributed by atoms with Gasteiger partial charge in [-0.2, -0.15) is 5.10 Å². The molecule has 0 aliphatic heterocycles. The Hall–Kier alpha value is -1.68. The highest BCUT2D eigenvalue weighted by Crippen LogP contribution is 2.18. The highest BCUT2D eigenvalue weighted by molar-refractivity contribution is 5.13. The second kappa shape index (κ2) is 6.31. The van der Waals surface area contributed by atoms with E-state index in [1.165, 1.54) is 11.1 Å². The summed E-state index contributed by atoms with van der Waals surface area (Å²) in [6.07, 6.45) is 9.89. The van der Waals surface area contributed by atoms with Gasteiger partial charge in [0.2, 0.25) is 0 Å². The molecular formula is C14H20N4. The molecule has 0 aromatic carbocycles. The molecular weight excluding hydrogens is 224 g/mol. The second-order valence-corrected chi connectivity index (χ2v) is 4.37. The van der Waals surface area contributed by atoms with Crippen molar-refractivity contribution < 1.29 is 0 Å². The van der Waals surface area contributed by atoms with Crippen molar-refractivity contribution in [1.82, 2.24) is 20.1 Å². The first-order valence-corrected chi connectivity index (χ1v) is 6.42. The summed E-state index contributed by atoms with van der Waals surface area (Å²) in [6, 6.07) is 4.46. The zero-order valence-electron chi connectivity index (χ0n) is 11.0. The zero-order chi connectivity index (χ0) is 12.8. The molecule has 0 aliphatic carbocycles. The number of aryl methyl sites for hydroxylation is 2. The van der Waals surface area contributed by atoms with Gasteiger partial charge in [-0.05, 0) is 38.4 Å². The van der Waals surface area contributed by atoms with Crippen LogP contribution in [0.4, 0.5) is 0 Å². The van der Waals surface area contributed by atoms with E-state index in [2.05, 4.69) is 34.6 Å². The maximum atomic E-state index is 4.32. The molecule has 1 atom stereocenters. The lowest BCUT2D eigenvalue weighted by Gasteiger charge is -2.14. The van der Waals surface area contributed by atoms with Crippen molar-refractivity contribution in [3.63, 3.8) is 0 Å². The third-order valence-electron chi connectivity index (χ3n) is 3.17. The van der Waals surface area contributed by atoms with Crippen molar-refractivity contribution in [2.24, 2.45) is 0 Å². The first kappa shape index (κ1) is 12.8. The lowest BCUT2D eigenvalue weighted by molar-refractivity contribution is 0.547. The fourth-order valence-electron chi connectivity index (χ4n) is 2.07. The molecule has 96 valence electrons. The molecule has 1 unspecified atom stereocenters. The lowest BCUT2D eigenvalue weighted by atomic mass is 10.0. The van der Waals surface area contributed by atoms with Crippen molar-refractivity contribution in [1.29, 1.82) is 0 Å². The van der Waals surface area contributed by atoms with Crippen LogP contribution in [-0.2, 0) is 13.0 Å². The number of hydrogen-bond acceptors (Lipinski definition) is 3. The Bertz CT molecular complexity index is 464. The van der Waals surface area contributed by atoms with E-state index < -0.39 is 0 Å². The molecule has 0 spiro atoms. The molecule has 0 fully saturated rings. The van der Waals surface area contributed by atoms with Crippen LogP contribution < -0.4 is 5.32 Å². The number of nitrogens with zero attached hydrogens (tertiary/aromatic N) is 3. The van der Waals surface area contributed by atoms with Gasteiger partial charge in [0.15, 0.2) is 0 Å². The number of hydrogen-bond donors (Lipinski definition) is 1. The zero-order valence-corrected chi connectivity index (χ0v) is 11.0. The van der Waals surface area contributed by atoms with Crippen LogP contribution >= 0.6 is 0 Å². The van der Waals surface area contributed by atoms with E-state index >= 15 is 0 Å². The van der Waals surface area contributed by atoms with Gasteiger partial charge in [0.05, 0.1) is 6.20 Å². The lowest BCUT2D eigenvalue weighted by Crippen LogP contribution is -2.16. The Morgan fingerprint density at radius 1 is 1.39 bits per heavy atom. The topological polar surface area (TPSA) is 42.7 Å². The van der Waals surface area contributed by atoms with Gasteiger partial charge in [-0.3, -0.25) is 9.67 Å². The van der Waals surface area contributed by atoms with E-state index in [4.69, 9.17) is 0 Å². The van der Waals surface area contributed by atoms with Gasteiger partial charge < -0.3 is 5.32 Å². The highest BCUT2D eigenvalue weighted by atomic mass is 15.3. The molecule has 2 aromatic rings. The average molecular weight is 244 g/mol. The molecule has 0 bridgehead atoms. The smallest absolute Gasteiger partial charge is 0.0537 e. The normalized spacial score (nSPS) is 12.6. The SMILES string of the molecule is CCn1cc(C(CCc2cccnc2)NC)cn1. The summed E-state index contributed by atoms with van der Waals surface area (Å²) in [5.74, 6) is 0. The van der Waals surface area contributed by atoms with Crippen molar-refractivity contribution >= 4 is 0 Å². The fourth-order valence-corrected chi connectivity index (χ4v) is 2.07. The van der Waals surface area contributed by atoms with Gasteiger partial charge in [-0.25, -0.2) is 0 Å². The Kier molecular flexibility index (Phi) is 4.47. The van der Waals surface area contributed by atoms with Gasteiger partial charge >= 0.3 is 0 Å². The molecule has 4 nitrogen and oxygen atoms in total. The van der Waals surface area contributed by atoms with Crippen LogP contribution in [-0.4, -0.2) is 21.8 Å². The van der Waals surface area contributed by atoms with E-state index in [1.54, 1.807) is 0 Å². The van der Waals surface area contributed by atoms with Crippen molar-refractivity contribution in [3.8, 4) is 0 Å². The minimum atomic E-state index is 0.352. The predicted molar refractivity (Wildman–Crippen MR) is 72.3 cm³/mol. The largest absolute Gasteiger partial charge is 0.313 e. The third-order valence-corrected chi connectivity index (χ3v) is 3.17. The number of pyridine rings is 1. The second-order valence-electron chi connectivity index (χ2n) is 4.37. The van der Waals surface area contributed by atoms with Crippen LogP contribution in [0, 0.1) is 0 Å². The molecule has 4 heteroatoms. The number of nitrogens with one attached hydrogen (secondary N) is 1. The van der Waals surface area contributed by atoms with E-state index in [9.17, 15) is 0 Å². The summed E-state index contributed by atoms with van der Waals surface area (Å²) in [5.41, 5.74) is 2.53. The standard InChI is InChI=1S/C14H20N4/c1-3-18-11-13(10-17-18)14(15-2)7-6-12-5-4-8-16-9-12/h4-5,8-11,14-15H,3,6-7H2,1-2H3. The number of aromatic nitrogens is 3. The summed E-state index contributed by atoms with van der Waals surface area (Å²) in [4.78, 5) is 4.14. The molecule has 0 saturated heterocycles. The first-order chi connectivity index (χ1) is 8.83. The molecule has 2 aromatic heterocycles. The van der Waals surface area contributed by atoms with Crippen LogP contribution in [0.1, 0.15) is 30.5 Å². The van der Waals surface area contributed by atoms with E-state index in [-0.39, 0.29) is 0 Å². The third kappa shape index (κ3) is 3.17. The Morgan fingerprint density at radius 2 is 2.28 bits per heavy atom. The summed E-state index contributed by atoms with van der Waals surface area (Å²) in [6.45, 7) is 3.01. The quantitative estimate of drug-likeness (QED) is 0.847. The number of rotatable bonds is 6. The predicted octanol–water partition coefficient (Wildman–Crippen LogP) is 2.19. The van der Waals surface area contributed by atoms with E-state index in [0.717, 1.165) is 19.4 Å². The molecule has 0 aliphatic rings. The summed E-state index contributed by atoms with van der Waals surface area (Å²) in [5, 5.41) is 7.68. The summed E-state index contributed by atoms with van der Waals surface area (Å²) >= 11 is 0. The van der Waals surface area contributed by atoms with Gasteiger partial charge in [0.25, 0.3) is 0 Å². The van der Waals surface area contributed by atoms with Crippen molar-refractivity contribution in [2.75, 3.05) is 7.05 Å². The molecule has 1 N–H and O–H groups in total. The Balaban J connectivity index is 1.97. The van der Waals surface area contributed by atoms with Crippen LogP contribution in [0.3, 0.4) is 0 Å². The fraction of sp³-hybridized carbons (Fsp3) is 0.429. The molecule has 0 amide bonds.